The summed E-state index contributed by atoms with van der Waals surface area (Å²) < 4.78 is 36.7. The van der Waals surface area contributed by atoms with Gasteiger partial charge in [0.05, 0.1) is 13.2 Å². The molecule has 0 radical (unpaired) electrons. The Bertz CT molecular complexity index is 190. The van der Waals surface area contributed by atoms with E-state index in [4.69, 9.17) is 5.11 Å². The van der Waals surface area contributed by atoms with Crippen LogP contribution < -0.4 is 5.32 Å². The molecule has 90 valence electrons. The summed E-state index contributed by atoms with van der Waals surface area (Å²) in [6.07, 6.45) is -2.49. The number of aliphatic hydroxyl groups excluding tert-OH is 1. The summed E-state index contributed by atoms with van der Waals surface area (Å²) in [4.78, 5) is 1.40. The molecule has 6 heteroatoms. The van der Waals surface area contributed by atoms with Crippen molar-refractivity contribution in [3.63, 3.8) is 0 Å². The second-order valence-electron chi connectivity index (χ2n) is 3.94. The first-order valence-electron chi connectivity index (χ1n) is 5.05. The molecule has 0 heterocycles. The van der Waals surface area contributed by atoms with Crippen LogP contribution in [0.3, 0.4) is 0 Å². The molecule has 3 nitrogen and oxygen atoms in total. The minimum absolute atomic E-state index is 0.0500. The number of halogens is 3. The zero-order chi connectivity index (χ0) is 11.5. The minimum Gasteiger partial charge on any atom is -0.395 e. The third-order valence-corrected chi connectivity index (χ3v) is 2.53. The number of aliphatic hydroxyl groups is 1. The number of alkyl halides is 3. The molecule has 1 rings (SSSR count). The fourth-order valence-corrected chi connectivity index (χ4v) is 1.54. The van der Waals surface area contributed by atoms with Gasteiger partial charge in [-0.3, -0.25) is 4.90 Å². The molecule has 0 aliphatic heterocycles. The third-order valence-electron chi connectivity index (χ3n) is 2.53. The molecule has 0 saturated heterocycles. The van der Waals surface area contributed by atoms with E-state index >= 15 is 0 Å². The van der Waals surface area contributed by atoms with E-state index in [0.717, 1.165) is 12.8 Å². The van der Waals surface area contributed by atoms with Gasteiger partial charge in [0.2, 0.25) is 0 Å². The Morgan fingerprint density at radius 3 is 2.40 bits per heavy atom. The van der Waals surface area contributed by atoms with Crippen molar-refractivity contribution in [3.05, 3.63) is 0 Å². The molecule has 1 fully saturated rings. The fraction of sp³-hybridized carbons (Fsp3) is 1.00. The lowest BCUT2D eigenvalue weighted by atomic mass is 10.3. The highest BCUT2D eigenvalue weighted by Crippen LogP contribution is 2.29. The van der Waals surface area contributed by atoms with Gasteiger partial charge in [0.15, 0.2) is 0 Å². The summed E-state index contributed by atoms with van der Waals surface area (Å²) in [5, 5.41) is 11.7. The van der Waals surface area contributed by atoms with E-state index in [0.29, 0.717) is 0 Å². The van der Waals surface area contributed by atoms with Gasteiger partial charge in [-0.25, -0.2) is 0 Å². The highest BCUT2D eigenvalue weighted by molar-refractivity contribution is 4.87. The van der Waals surface area contributed by atoms with Gasteiger partial charge in [-0.15, -0.1) is 0 Å². The summed E-state index contributed by atoms with van der Waals surface area (Å²) in [5.41, 5.74) is 0. The van der Waals surface area contributed by atoms with Gasteiger partial charge in [-0.05, 0) is 19.9 Å². The Kier molecular flexibility index (Phi) is 4.36. The Hall–Kier alpha value is -0.330. The van der Waals surface area contributed by atoms with Crippen LogP contribution in [0.25, 0.3) is 0 Å². The van der Waals surface area contributed by atoms with Crippen LogP contribution in [0.5, 0.6) is 0 Å². The monoisotopic (exact) mass is 226 g/mol. The molecule has 0 bridgehead atoms. The molecule has 1 aliphatic rings. The first kappa shape index (κ1) is 12.7. The van der Waals surface area contributed by atoms with E-state index in [2.05, 4.69) is 5.32 Å². The predicted octanol–water partition coefficient (Wildman–Crippen LogP) is 0.593. The first-order valence-corrected chi connectivity index (χ1v) is 5.05. The summed E-state index contributed by atoms with van der Waals surface area (Å²) in [6, 6.07) is -0.234. The highest BCUT2D eigenvalue weighted by atomic mass is 19.4. The molecule has 1 aliphatic carbocycles. The maximum atomic E-state index is 12.2. The molecule has 15 heavy (non-hydrogen) atoms. The number of rotatable bonds is 6. The van der Waals surface area contributed by atoms with Gasteiger partial charge >= 0.3 is 6.18 Å². The lowest BCUT2D eigenvalue weighted by Gasteiger charge is -2.27. The smallest absolute Gasteiger partial charge is 0.395 e. The molecule has 1 saturated carbocycles. The van der Waals surface area contributed by atoms with Crippen LogP contribution >= 0.6 is 0 Å². The second kappa shape index (κ2) is 5.14. The SMILES string of the molecule is CNC(CO)CN(CC(F)(F)F)C1CC1. The lowest BCUT2D eigenvalue weighted by Crippen LogP contribution is -2.46. The molecule has 0 aromatic heterocycles. The van der Waals surface area contributed by atoms with Crippen LogP contribution in [0.15, 0.2) is 0 Å². The fourth-order valence-electron chi connectivity index (χ4n) is 1.54. The van der Waals surface area contributed by atoms with E-state index in [-0.39, 0.29) is 25.2 Å². The number of nitrogens with one attached hydrogen (secondary N) is 1. The van der Waals surface area contributed by atoms with E-state index in [1.807, 2.05) is 0 Å². The van der Waals surface area contributed by atoms with Crippen LogP contribution in [0.4, 0.5) is 13.2 Å². The van der Waals surface area contributed by atoms with Crippen molar-refractivity contribution < 1.29 is 18.3 Å². The third kappa shape index (κ3) is 4.81. The zero-order valence-corrected chi connectivity index (χ0v) is 8.72. The lowest BCUT2D eigenvalue weighted by molar-refractivity contribution is -0.148. The first-order chi connectivity index (χ1) is 6.96. The summed E-state index contributed by atoms with van der Waals surface area (Å²) in [7, 11) is 1.64. The second-order valence-corrected chi connectivity index (χ2v) is 3.94. The van der Waals surface area contributed by atoms with Gasteiger partial charge in [-0.1, -0.05) is 0 Å². The van der Waals surface area contributed by atoms with Crippen LogP contribution in [-0.4, -0.2) is 55.0 Å². The zero-order valence-electron chi connectivity index (χ0n) is 8.72. The number of likely N-dealkylation sites (N-methyl/N-ethyl adjacent to an activating group) is 1. The number of hydrogen-bond acceptors (Lipinski definition) is 3. The van der Waals surface area contributed by atoms with E-state index in [1.165, 1.54) is 4.90 Å². The van der Waals surface area contributed by atoms with Gasteiger partial charge in [0.1, 0.15) is 0 Å². The largest absolute Gasteiger partial charge is 0.401 e. The van der Waals surface area contributed by atoms with Gasteiger partial charge in [0, 0.05) is 18.6 Å². The van der Waals surface area contributed by atoms with Crippen molar-refractivity contribution in [2.75, 3.05) is 26.7 Å². The Morgan fingerprint density at radius 2 is 2.07 bits per heavy atom. The average molecular weight is 226 g/mol. The van der Waals surface area contributed by atoms with Crippen molar-refractivity contribution in [2.24, 2.45) is 0 Å². The van der Waals surface area contributed by atoms with Crippen molar-refractivity contribution in [1.82, 2.24) is 10.2 Å². The summed E-state index contributed by atoms with van der Waals surface area (Å²) in [6.45, 7) is -0.773. The van der Waals surface area contributed by atoms with Crippen LogP contribution in [0, 0.1) is 0 Å². The van der Waals surface area contributed by atoms with Gasteiger partial charge < -0.3 is 10.4 Å². The molecular weight excluding hydrogens is 209 g/mol. The van der Waals surface area contributed by atoms with Crippen molar-refractivity contribution in [3.8, 4) is 0 Å². The Labute approximate surface area is 87.3 Å². The van der Waals surface area contributed by atoms with Crippen LogP contribution in [-0.2, 0) is 0 Å². The molecular formula is C9H17F3N2O. The maximum absolute atomic E-state index is 12.2. The molecule has 2 N–H and O–H groups in total. The van der Waals surface area contributed by atoms with Crippen LogP contribution in [0.2, 0.25) is 0 Å². The summed E-state index contributed by atoms with van der Waals surface area (Å²) in [5.74, 6) is 0. The number of hydrogen-bond donors (Lipinski definition) is 2. The molecule has 1 atom stereocenters. The van der Waals surface area contributed by atoms with E-state index in [9.17, 15) is 13.2 Å². The quantitative estimate of drug-likeness (QED) is 0.696. The minimum atomic E-state index is -4.16. The summed E-state index contributed by atoms with van der Waals surface area (Å²) >= 11 is 0. The van der Waals surface area contributed by atoms with Crippen molar-refractivity contribution in [2.45, 2.75) is 31.1 Å². The highest BCUT2D eigenvalue weighted by Gasteiger charge is 2.38. The van der Waals surface area contributed by atoms with Gasteiger partial charge in [-0.2, -0.15) is 13.2 Å². The number of nitrogens with zero attached hydrogens (tertiary/aromatic N) is 1. The topological polar surface area (TPSA) is 35.5 Å². The normalized spacial score (nSPS) is 19.6. The molecule has 1 unspecified atom stereocenters. The molecule has 0 aromatic carbocycles. The standard InChI is InChI=1S/C9H17F3N2O/c1-13-7(5-15)4-14(8-2-3-8)6-9(10,11)12/h7-8,13,15H,2-6H2,1H3. The Balaban J connectivity index is 2.43. The van der Waals surface area contributed by atoms with E-state index < -0.39 is 12.7 Å². The molecule has 0 aromatic rings. The Morgan fingerprint density at radius 1 is 1.47 bits per heavy atom. The van der Waals surface area contributed by atoms with Gasteiger partial charge in [0.25, 0.3) is 0 Å². The maximum Gasteiger partial charge on any atom is 0.401 e. The van der Waals surface area contributed by atoms with Crippen molar-refractivity contribution >= 4 is 0 Å². The van der Waals surface area contributed by atoms with Crippen LogP contribution in [0.1, 0.15) is 12.8 Å². The van der Waals surface area contributed by atoms with Crippen molar-refractivity contribution in [1.29, 1.82) is 0 Å². The predicted molar refractivity (Wildman–Crippen MR) is 50.6 cm³/mol. The molecule has 0 spiro atoms. The van der Waals surface area contributed by atoms with E-state index in [1.54, 1.807) is 7.05 Å². The molecule has 0 amide bonds. The average Bonchev–Trinajstić information content (AvgIpc) is 2.93.